The average Bonchev–Trinajstić information content (AvgIpc) is 2.27. The summed E-state index contributed by atoms with van der Waals surface area (Å²) in [7, 11) is 0. The summed E-state index contributed by atoms with van der Waals surface area (Å²) in [5.74, 6) is 2.19. The zero-order chi connectivity index (χ0) is 11.1. The van der Waals surface area contributed by atoms with Gasteiger partial charge in [0.15, 0.2) is 0 Å². The SMILES string of the molecule is C#Cc1ccccc1/C=C/C(=O)OCC. The van der Waals surface area contributed by atoms with Crippen molar-refractivity contribution in [2.24, 2.45) is 0 Å². The number of hydrogen-bond donors (Lipinski definition) is 0. The molecule has 0 atom stereocenters. The molecule has 1 rings (SSSR count). The fraction of sp³-hybridized carbons (Fsp3) is 0.154. The molecule has 2 nitrogen and oxygen atoms in total. The predicted octanol–water partition coefficient (Wildman–Crippen LogP) is 2.24. The molecule has 0 fully saturated rings. The van der Waals surface area contributed by atoms with E-state index in [0.29, 0.717) is 6.61 Å². The smallest absolute Gasteiger partial charge is 0.330 e. The van der Waals surface area contributed by atoms with Gasteiger partial charge in [-0.1, -0.05) is 24.1 Å². The number of terminal acetylenes is 1. The maximum absolute atomic E-state index is 11.1. The first-order valence-electron chi connectivity index (χ1n) is 4.68. The molecule has 1 aromatic rings. The summed E-state index contributed by atoms with van der Waals surface area (Å²) < 4.78 is 4.76. The standard InChI is InChI=1S/C13H12O2/c1-3-11-7-5-6-8-12(11)9-10-13(14)15-4-2/h1,5-10H,4H2,2H3/b10-9+. The minimum atomic E-state index is -0.357. The molecule has 0 aliphatic carbocycles. The van der Waals surface area contributed by atoms with Gasteiger partial charge in [-0.2, -0.15) is 0 Å². The molecule has 1 aromatic carbocycles. The molecule has 0 radical (unpaired) electrons. The first kappa shape index (κ1) is 11.1. The van der Waals surface area contributed by atoms with Gasteiger partial charge >= 0.3 is 5.97 Å². The number of carbonyl (C=O) groups excluding carboxylic acids is 1. The van der Waals surface area contributed by atoms with Gasteiger partial charge in [-0.15, -0.1) is 6.42 Å². The minimum Gasteiger partial charge on any atom is -0.463 e. The first-order valence-corrected chi connectivity index (χ1v) is 4.68. The summed E-state index contributed by atoms with van der Waals surface area (Å²) in [5, 5.41) is 0. The summed E-state index contributed by atoms with van der Waals surface area (Å²) in [5.41, 5.74) is 1.60. The Hall–Kier alpha value is -2.01. The van der Waals surface area contributed by atoms with Crippen LogP contribution in [0.25, 0.3) is 6.08 Å². The molecule has 0 aliphatic rings. The van der Waals surface area contributed by atoms with Crippen molar-refractivity contribution >= 4 is 12.0 Å². The summed E-state index contributed by atoms with van der Waals surface area (Å²) >= 11 is 0. The van der Waals surface area contributed by atoms with Crippen LogP contribution in [-0.2, 0) is 9.53 Å². The molecule has 0 spiro atoms. The summed E-state index contributed by atoms with van der Waals surface area (Å²) in [6.45, 7) is 2.14. The molecular weight excluding hydrogens is 188 g/mol. The molecule has 0 aliphatic heterocycles. The van der Waals surface area contributed by atoms with Crippen molar-refractivity contribution in [3.8, 4) is 12.3 Å². The first-order chi connectivity index (χ1) is 7.27. The molecule has 2 heteroatoms. The largest absolute Gasteiger partial charge is 0.463 e. The zero-order valence-corrected chi connectivity index (χ0v) is 8.57. The van der Waals surface area contributed by atoms with E-state index >= 15 is 0 Å². The van der Waals surface area contributed by atoms with Crippen LogP contribution in [0.5, 0.6) is 0 Å². The van der Waals surface area contributed by atoms with E-state index in [4.69, 9.17) is 11.2 Å². The number of esters is 1. The van der Waals surface area contributed by atoms with E-state index in [1.165, 1.54) is 6.08 Å². The number of carbonyl (C=O) groups is 1. The van der Waals surface area contributed by atoms with Crippen LogP contribution >= 0.6 is 0 Å². The number of benzene rings is 1. The Balaban J connectivity index is 2.81. The maximum atomic E-state index is 11.1. The lowest BCUT2D eigenvalue weighted by atomic mass is 10.1. The Labute approximate surface area is 89.6 Å². The summed E-state index contributed by atoms with van der Waals surface area (Å²) in [6.07, 6.45) is 8.35. The third-order valence-electron chi connectivity index (χ3n) is 1.80. The molecule has 76 valence electrons. The van der Waals surface area contributed by atoms with Gasteiger partial charge in [0.05, 0.1) is 6.61 Å². The summed E-state index contributed by atoms with van der Waals surface area (Å²) in [4.78, 5) is 11.1. The monoisotopic (exact) mass is 200 g/mol. The average molecular weight is 200 g/mol. The third-order valence-corrected chi connectivity index (χ3v) is 1.80. The molecule has 0 N–H and O–H groups in total. The molecule has 0 heterocycles. The van der Waals surface area contributed by atoms with Crippen molar-refractivity contribution in [1.29, 1.82) is 0 Å². The van der Waals surface area contributed by atoms with Crippen LogP contribution in [0.15, 0.2) is 30.3 Å². The fourth-order valence-corrected chi connectivity index (χ4v) is 1.12. The van der Waals surface area contributed by atoms with Gasteiger partial charge in [0.25, 0.3) is 0 Å². The van der Waals surface area contributed by atoms with E-state index in [0.717, 1.165) is 11.1 Å². The predicted molar refractivity (Wildman–Crippen MR) is 60.0 cm³/mol. The Morgan fingerprint density at radius 1 is 1.53 bits per heavy atom. The van der Waals surface area contributed by atoms with Gasteiger partial charge in [0.2, 0.25) is 0 Å². The van der Waals surface area contributed by atoms with Gasteiger partial charge in [0, 0.05) is 11.6 Å². The number of ether oxygens (including phenoxy) is 1. The zero-order valence-electron chi connectivity index (χ0n) is 8.57. The highest BCUT2D eigenvalue weighted by molar-refractivity contribution is 5.87. The van der Waals surface area contributed by atoms with Gasteiger partial charge in [0.1, 0.15) is 0 Å². The van der Waals surface area contributed by atoms with Crippen molar-refractivity contribution in [2.45, 2.75) is 6.92 Å². The number of hydrogen-bond acceptors (Lipinski definition) is 2. The van der Waals surface area contributed by atoms with Crippen molar-refractivity contribution in [3.63, 3.8) is 0 Å². The van der Waals surface area contributed by atoms with Crippen LogP contribution in [0, 0.1) is 12.3 Å². The quantitative estimate of drug-likeness (QED) is 0.425. The molecule has 0 unspecified atom stereocenters. The van der Waals surface area contributed by atoms with Crippen LogP contribution in [0.1, 0.15) is 18.1 Å². The molecular formula is C13H12O2. The van der Waals surface area contributed by atoms with Crippen molar-refractivity contribution in [1.82, 2.24) is 0 Å². The lowest BCUT2D eigenvalue weighted by molar-refractivity contribution is -0.137. The highest BCUT2D eigenvalue weighted by Gasteiger charge is 1.96. The molecule has 0 saturated carbocycles. The van der Waals surface area contributed by atoms with Crippen LogP contribution in [-0.4, -0.2) is 12.6 Å². The van der Waals surface area contributed by atoms with Crippen LogP contribution in [0.3, 0.4) is 0 Å². The van der Waals surface area contributed by atoms with Gasteiger partial charge in [-0.05, 0) is 24.6 Å². The van der Waals surface area contributed by atoms with Crippen LogP contribution in [0.2, 0.25) is 0 Å². The third kappa shape index (κ3) is 3.32. The fourth-order valence-electron chi connectivity index (χ4n) is 1.12. The van der Waals surface area contributed by atoms with Crippen LogP contribution < -0.4 is 0 Å². The van der Waals surface area contributed by atoms with Gasteiger partial charge < -0.3 is 4.74 Å². The van der Waals surface area contributed by atoms with E-state index in [2.05, 4.69) is 5.92 Å². The van der Waals surface area contributed by atoms with E-state index in [1.54, 1.807) is 13.0 Å². The van der Waals surface area contributed by atoms with Crippen molar-refractivity contribution < 1.29 is 9.53 Å². The normalized spacial score (nSPS) is 9.87. The van der Waals surface area contributed by atoms with E-state index in [-0.39, 0.29) is 5.97 Å². The molecule has 15 heavy (non-hydrogen) atoms. The lowest BCUT2D eigenvalue weighted by Gasteiger charge is -1.98. The van der Waals surface area contributed by atoms with Crippen molar-refractivity contribution in [3.05, 3.63) is 41.5 Å². The Bertz CT molecular complexity index is 411. The Kier molecular flexibility index (Phi) is 4.18. The van der Waals surface area contributed by atoms with Gasteiger partial charge in [-0.3, -0.25) is 0 Å². The Morgan fingerprint density at radius 3 is 2.93 bits per heavy atom. The van der Waals surface area contributed by atoms with Crippen molar-refractivity contribution in [2.75, 3.05) is 6.61 Å². The maximum Gasteiger partial charge on any atom is 0.330 e. The number of rotatable bonds is 3. The van der Waals surface area contributed by atoms with Crippen LogP contribution in [0.4, 0.5) is 0 Å². The van der Waals surface area contributed by atoms with Gasteiger partial charge in [-0.25, -0.2) is 4.79 Å². The van der Waals surface area contributed by atoms with E-state index < -0.39 is 0 Å². The summed E-state index contributed by atoms with van der Waals surface area (Å²) in [6, 6.07) is 7.40. The second kappa shape index (κ2) is 5.66. The molecule has 0 amide bonds. The second-order valence-corrected chi connectivity index (χ2v) is 2.82. The lowest BCUT2D eigenvalue weighted by Crippen LogP contribution is -1.98. The Morgan fingerprint density at radius 2 is 2.27 bits per heavy atom. The highest BCUT2D eigenvalue weighted by atomic mass is 16.5. The minimum absolute atomic E-state index is 0.357. The second-order valence-electron chi connectivity index (χ2n) is 2.82. The topological polar surface area (TPSA) is 26.3 Å². The molecule has 0 bridgehead atoms. The van der Waals surface area contributed by atoms with E-state index in [9.17, 15) is 4.79 Å². The molecule has 0 saturated heterocycles. The molecule has 0 aromatic heterocycles. The van der Waals surface area contributed by atoms with E-state index in [1.807, 2.05) is 24.3 Å². The highest BCUT2D eigenvalue weighted by Crippen LogP contribution is 2.09.